The zero-order chi connectivity index (χ0) is 35.6. The number of ether oxygens (including phenoxy) is 3. The maximum absolute atomic E-state index is 12.5. The minimum absolute atomic E-state index is 0.0291. The monoisotopic (exact) mass is 712 g/mol. The van der Waals surface area contributed by atoms with Gasteiger partial charge >= 0.3 is 12.1 Å². The van der Waals surface area contributed by atoms with Crippen molar-refractivity contribution in [3.05, 3.63) is 87.5 Å². The number of amides is 2. The molecule has 1 atom stereocenters. The Bertz CT molecular complexity index is 1620. The van der Waals surface area contributed by atoms with Gasteiger partial charge in [-0.1, -0.05) is 90.9 Å². The number of nitro benzene ring substituents is 1. The van der Waals surface area contributed by atoms with Crippen molar-refractivity contribution >= 4 is 45.2 Å². The molecule has 3 aromatic carbocycles. The summed E-state index contributed by atoms with van der Waals surface area (Å²) in [6.45, 7) is 5.55. The number of aliphatic carboxylic acids is 1. The van der Waals surface area contributed by atoms with E-state index in [1.54, 1.807) is 10.8 Å². The molecule has 0 saturated carbocycles. The third-order valence-corrected chi connectivity index (χ3v) is 10.7. The van der Waals surface area contributed by atoms with Crippen LogP contribution in [0.15, 0.2) is 60.7 Å². The summed E-state index contributed by atoms with van der Waals surface area (Å²) in [6, 6.07) is 18.0. The molecule has 0 aromatic heterocycles. The molecule has 3 aromatic rings. The minimum atomic E-state index is -1.10. The minimum Gasteiger partial charge on any atom is -0.493 e. The van der Waals surface area contributed by atoms with Gasteiger partial charge in [-0.15, -0.1) is 0 Å². The maximum Gasteiger partial charge on any atom is 0.407 e. The Morgan fingerprint density at radius 3 is 2.20 bits per heavy atom. The number of carbonyl (C=O) groups is 3. The van der Waals surface area contributed by atoms with Gasteiger partial charge in [-0.05, 0) is 28.3 Å². The highest BCUT2D eigenvalue weighted by Gasteiger charge is 2.30. The van der Waals surface area contributed by atoms with E-state index in [1.807, 2.05) is 57.2 Å². The van der Waals surface area contributed by atoms with Crippen LogP contribution in [0.4, 0.5) is 10.5 Å². The van der Waals surface area contributed by atoms with Gasteiger partial charge in [0.15, 0.2) is 18.1 Å². The van der Waals surface area contributed by atoms with E-state index in [4.69, 9.17) is 14.2 Å². The molecule has 262 valence electrons. The van der Waals surface area contributed by atoms with E-state index in [0.717, 1.165) is 28.3 Å². The molecule has 0 radical (unpaired) electrons. The largest absolute Gasteiger partial charge is 0.493 e. The molecule has 49 heavy (non-hydrogen) atoms. The van der Waals surface area contributed by atoms with Crippen LogP contribution in [0.25, 0.3) is 11.1 Å². The molecule has 0 spiro atoms. The predicted octanol–water partition coefficient (Wildman–Crippen LogP) is 5.53. The number of fused-ring (bicyclic) bond motifs is 3. The molecule has 1 unspecified atom stereocenters. The van der Waals surface area contributed by atoms with Gasteiger partial charge in [-0.3, -0.25) is 25.0 Å². The van der Waals surface area contributed by atoms with Crippen molar-refractivity contribution in [2.75, 3.05) is 45.7 Å². The molecule has 4 rings (SSSR count). The first-order chi connectivity index (χ1) is 23.4. The Labute approximate surface area is 292 Å². The summed E-state index contributed by atoms with van der Waals surface area (Å²) in [7, 11) is 4.39. The van der Waals surface area contributed by atoms with E-state index in [0.29, 0.717) is 5.75 Å². The molecule has 0 fully saturated rings. The zero-order valence-electron chi connectivity index (χ0n) is 27.6. The summed E-state index contributed by atoms with van der Waals surface area (Å²) >= 11 is 0. The van der Waals surface area contributed by atoms with Crippen molar-refractivity contribution in [3.8, 4) is 22.6 Å². The van der Waals surface area contributed by atoms with Crippen LogP contribution < -0.4 is 25.4 Å². The van der Waals surface area contributed by atoms with Gasteiger partial charge in [0.05, 0.1) is 30.2 Å². The number of carbonyl (C=O) groups excluding carboxylic acids is 2. The molecule has 4 N–H and O–H groups in total. The summed E-state index contributed by atoms with van der Waals surface area (Å²) in [4.78, 5) is 47.7. The SMILES string of the molecule is COc1cc(C(CSSC(C)(C)C)NCC(=O)O)c([N+](=O)[O-])cc1OCC(=O)NCCNC(=O)OCC1c2ccccc2-c2ccccc21. The predicted molar refractivity (Wildman–Crippen MR) is 189 cm³/mol. The number of alkyl carbamates (subject to hydrolysis) is 1. The summed E-state index contributed by atoms with van der Waals surface area (Å²) in [5, 5.41) is 29.4. The van der Waals surface area contributed by atoms with Crippen LogP contribution in [0.2, 0.25) is 0 Å². The molecular formula is C34H40N4O9S2. The van der Waals surface area contributed by atoms with Crippen molar-refractivity contribution in [1.82, 2.24) is 16.0 Å². The molecule has 13 nitrogen and oxygen atoms in total. The summed E-state index contributed by atoms with van der Waals surface area (Å²) in [6.07, 6.45) is -0.615. The van der Waals surface area contributed by atoms with Crippen molar-refractivity contribution in [2.24, 2.45) is 0 Å². The Morgan fingerprint density at radius 2 is 1.61 bits per heavy atom. The average Bonchev–Trinajstić information content (AvgIpc) is 3.38. The first-order valence-electron chi connectivity index (χ1n) is 15.5. The third kappa shape index (κ3) is 10.5. The lowest BCUT2D eigenvalue weighted by molar-refractivity contribution is -0.385. The van der Waals surface area contributed by atoms with E-state index in [1.165, 1.54) is 24.0 Å². The molecule has 0 saturated heterocycles. The fourth-order valence-electron chi connectivity index (χ4n) is 5.23. The molecular weight excluding hydrogens is 673 g/mol. The van der Waals surface area contributed by atoms with Crippen molar-refractivity contribution in [1.29, 1.82) is 0 Å². The van der Waals surface area contributed by atoms with Gasteiger partial charge in [0.1, 0.15) is 6.61 Å². The Hall–Kier alpha value is -4.47. The Balaban J connectivity index is 1.28. The van der Waals surface area contributed by atoms with E-state index < -0.39 is 42.1 Å². The standard InChI is InChI=1S/C34H40N4O9S2/c1-34(2,3)49-48-20-27(37-17-32(40)41)25-15-29(45-4)30(16-28(25)38(43)44)46-19-31(39)35-13-14-36-33(42)47-18-26-23-11-7-5-9-21(23)22-10-6-8-12-24(22)26/h5-12,15-16,26-27,37H,13-14,17-20H2,1-4H3,(H,35,39)(H,36,42)(H,40,41). The second-order valence-electron chi connectivity index (χ2n) is 12.0. The molecule has 1 aliphatic carbocycles. The summed E-state index contributed by atoms with van der Waals surface area (Å²) in [5.41, 5.74) is 4.37. The first kappa shape index (κ1) is 37.4. The van der Waals surface area contributed by atoms with Crippen molar-refractivity contribution in [3.63, 3.8) is 0 Å². The van der Waals surface area contributed by atoms with Crippen LogP contribution in [-0.2, 0) is 14.3 Å². The number of hydrogen-bond donors (Lipinski definition) is 4. The number of rotatable bonds is 17. The fourth-order valence-corrected chi connectivity index (χ4v) is 7.76. The number of carboxylic acids is 1. The number of methoxy groups -OCH3 is 1. The molecule has 0 bridgehead atoms. The number of nitro groups is 1. The highest BCUT2D eigenvalue weighted by Crippen LogP contribution is 2.45. The Morgan fingerprint density at radius 1 is 0.980 bits per heavy atom. The average molecular weight is 713 g/mol. The van der Waals surface area contributed by atoms with Gasteiger partial charge < -0.3 is 30.0 Å². The van der Waals surface area contributed by atoms with Gasteiger partial charge in [0.25, 0.3) is 11.6 Å². The van der Waals surface area contributed by atoms with Crippen LogP contribution in [0.5, 0.6) is 11.5 Å². The van der Waals surface area contributed by atoms with Gasteiger partial charge in [-0.2, -0.15) is 0 Å². The topological polar surface area (TPSA) is 178 Å². The number of nitrogens with one attached hydrogen (secondary N) is 3. The fraction of sp³-hybridized carbons (Fsp3) is 0.382. The van der Waals surface area contributed by atoms with Crippen LogP contribution in [0.1, 0.15) is 49.4 Å². The van der Waals surface area contributed by atoms with Crippen molar-refractivity contribution in [2.45, 2.75) is 37.5 Å². The maximum atomic E-state index is 12.5. The van der Waals surface area contributed by atoms with Crippen LogP contribution >= 0.6 is 21.6 Å². The normalized spacial score (nSPS) is 12.7. The lowest BCUT2D eigenvalue weighted by Crippen LogP contribution is -2.37. The van der Waals surface area contributed by atoms with E-state index in [2.05, 4.69) is 28.1 Å². The van der Waals surface area contributed by atoms with Crippen molar-refractivity contribution < 1.29 is 38.6 Å². The highest BCUT2D eigenvalue weighted by atomic mass is 33.1. The summed E-state index contributed by atoms with van der Waals surface area (Å²) in [5.74, 6) is -1.26. The second-order valence-corrected chi connectivity index (χ2v) is 15.2. The second kappa shape index (κ2) is 17.3. The van der Waals surface area contributed by atoms with E-state index in [9.17, 15) is 29.6 Å². The first-order valence-corrected chi connectivity index (χ1v) is 17.8. The number of carboxylic acid groups (broad SMARTS) is 1. The smallest absolute Gasteiger partial charge is 0.407 e. The van der Waals surface area contributed by atoms with E-state index in [-0.39, 0.29) is 53.1 Å². The Kier molecular flexibility index (Phi) is 13.2. The quantitative estimate of drug-likeness (QED) is 0.0596. The van der Waals surface area contributed by atoms with Crippen LogP contribution in [-0.4, -0.2) is 78.5 Å². The lowest BCUT2D eigenvalue weighted by Gasteiger charge is -2.22. The third-order valence-electron chi connectivity index (χ3n) is 7.35. The molecule has 2 amide bonds. The molecule has 15 heteroatoms. The number of benzene rings is 3. The highest BCUT2D eigenvalue weighted by molar-refractivity contribution is 8.77. The van der Waals surface area contributed by atoms with E-state index >= 15 is 0 Å². The van der Waals surface area contributed by atoms with Gasteiger partial charge in [-0.25, -0.2) is 4.79 Å². The van der Waals surface area contributed by atoms with Crippen LogP contribution in [0, 0.1) is 10.1 Å². The number of hydrogen-bond acceptors (Lipinski definition) is 11. The molecule has 1 aliphatic rings. The number of nitrogens with zero attached hydrogens (tertiary/aromatic N) is 1. The lowest BCUT2D eigenvalue weighted by atomic mass is 9.98. The molecule has 0 aliphatic heterocycles. The molecule has 0 heterocycles. The zero-order valence-corrected chi connectivity index (χ0v) is 29.3. The van der Waals surface area contributed by atoms with Gasteiger partial charge in [0.2, 0.25) is 0 Å². The van der Waals surface area contributed by atoms with Gasteiger partial charge in [0, 0.05) is 35.5 Å². The summed E-state index contributed by atoms with van der Waals surface area (Å²) < 4.78 is 16.4. The van der Waals surface area contributed by atoms with Crippen LogP contribution in [0.3, 0.4) is 0 Å².